The Morgan fingerprint density at radius 1 is 1.30 bits per heavy atom. The molecule has 162 valence electrons. The van der Waals surface area contributed by atoms with E-state index in [0.717, 1.165) is 48.8 Å². The Labute approximate surface area is 185 Å². The fourth-order valence-corrected chi connectivity index (χ4v) is 4.23. The molecule has 0 saturated carbocycles. The maximum atomic E-state index is 13.2. The third-order valence-corrected chi connectivity index (χ3v) is 5.76. The summed E-state index contributed by atoms with van der Waals surface area (Å²) in [6.45, 7) is 8.76. The molecular formula is C20H25ClN4O4S. The summed E-state index contributed by atoms with van der Waals surface area (Å²) >= 11 is 1.47. The van der Waals surface area contributed by atoms with Crippen molar-refractivity contribution in [2.75, 3.05) is 50.9 Å². The van der Waals surface area contributed by atoms with Crippen LogP contribution in [0.2, 0.25) is 0 Å². The Morgan fingerprint density at radius 3 is 2.80 bits per heavy atom. The standard InChI is InChI=1S/C20H24N4O4S.ClH/c1-3-27-15-4-5-16-18(13-15)29-20(21-16)24(7-6-23-8-10-26-11-9-23)19(25)17-12-14(2)22-28-17;/h4-5,12-13H,3,6-11H2,1-2H3;1H. The molecule has 10 heteroatoms. The molecule has 3 aromatic rings. The van der Waals surface area contributed by atoms with Gasteiger partial charge in [0, 0.05) is 32.2 Å². The normalized spacial score (nSPS) is 14.5. The highest BCUT2D eigenvalue weighted by Crippen LogP contribution is 2.32. The van der Waals surface area contributed by atoms with Crippen LogP contribution in [0.5, 0.6) is 5.75 Å². The van der Waals surface area contributed by atoms with Gasteiger partial charge in [0.15, 0.2) is 5.13 Å². The van der Waals surface area contributed by atoms with Crippen molar-refractivity contribution in [2.24, 2.45) is 0 Å². The molecule has 0 radical (unpaired) electrons. The number of fused-ring (bicyclic) bond motifs is 1. The fourth-order valence-electron chi connectivity index (χ4n) is 3.21. The van der Waals surface area contributed by atoms with E-state index in [4.69, 9.17) is 19.0 Å². The van der Waals surface area contributed by atoms with Gasteiger partial charge in [-0.25, -0.2) is 4.98 Å². The minimum atomic E-state index is -0.233. The van der Waals surface area contributed by atoms with E-state index in [1.165, 1.54) is 11.3 Å². The van der Waals surface area contributed by atoms with Crippen molar-refractivity contribution in [3.8, 4) is 5.75 Å². The van der Waals surface area contributed by atoms with Crippen LogP contribution in [0.4, 0.5) is 5.13 Å². The van der Waals surface area contributed by atoms with Crippen molar-refractivity contribution in [3.63, 3.8) is 0 Å². The van der Waals surface area contributed by atoms with Crippen LogP contribution in [0.15, 0.2) is 28.8 Å². The van der Waals surface area contributed by atoms with E-state index >= 15 is 0 Å². The van der Waals surface area contributed by atoms with Gasteiger partial charge in [0.25, 0.3) is 5.91 Å². The molecule has 3 heterocycles. The molecule has 1 saturated heterocycles. The molecule has 0 atom stereocenters. The SMILES string of the molecule is CCOc1ccc2nc(N(CCN3CCOCC3)C(=O)c3cc(C)no3)sc2c1.Cl. The lowest BCUT2D eigenvalue weighted by molar-refractivity contribution is 0.0390. The summed E-state index contributed by atoms with van der Waals surface area (Å²) in [7, 11) is 0. The zero-order valence-corrected chi connectivity index (χ0v) is 18.6. The molecule has 1 fully saturated rings. The first-order valence-electron chi connectivity index (χ1n) is 9.72. The monoisotopic (exact) mass is 452 g/mol. The van der Waals surface area contributed by atoms with E-state index in [9.17, 15) is 4.79 Å². The van der Waals surface area contributed by atoms with Gasteiger partial charge >= 0.3 is 0 Å². The fraction of sp³-hybridized carbons (Fsp3) is 0.450. The number of rotatable bonds is 7. The Bertz CT molecular complexity index is 986. The molecule has 0 aliphatic carbocycles. The molecule has 0 N–H and O–H groups in total. The minimum absolute atomic E-state index is 0. The van der Waals surface area contributed by atoms with Crippen LogP contribution in [0.1, 0.15) is 23.2 Å². The first kappa shape index (κ1) is 22.5. The van der Waals surface area contributed by atoms with E-state index in [-0.39, 0.29) is 24.1 Å². The summed E-state index contributed by atoms with van der Waals surface area (Å²) in [5, 5.41) is 4.50. The van der Waals surface area contributed by atoms with Gasteiger partial charge in [-0.1, -0.05) is 16.5 Å². The first-order valence-corrected chi connectivity index (χ1v) is 10.5. The van der Waals surface area contributed by atoms with Crippen molar-refractivity contribution in [1.82, 2.24) is 15.0 Å². The average Bonchev–Trinajstić information content (AvgIpc) is 3.35. The Kier molecular flexibility index (Phi) is 7.65. The van der Waals surface area contributed by atoms with Crippen molar-refractivity contribution in [3.05, 3.63) is 35.7 Å². The van der Waals surface area contributed by atoms with E-state index < -0.39 is 0 Å². The summed E-state index contributed by atoms with van der Waals surface area (Å²) in [4.78, 5) is 21.8. The predicted octanol–water partition coefficient (Wildman–Crippen LogP) is 3.39. The molecule has 0 bridgehead atoms. The van der Waals surface area contributed by atoms with Gasteiger partial charge < -0.3 is 14.0 Å². The molecule has 0 spiro atoms. The molecular weight excluding hydrogens is 428 g/mol. The highest BCUT2D eigenvalue weighted by Gasteiger charge is 2.25. The highest BCUT2D eigenvalue weighted by atomic mass is 35.5. The third-order valence-electron chi connectivity index (χ3n) is 4.72. The number of amides is 1. The Hall–Kier alpha value is -2.20. The van der Waals surface area contributed by atoms with E-state index in [2.05, 4.69) is 10.1 Å². The first-order chi connectivity index (χ1) is 14.1. The number of morpholine rings is 1. The van der Waals surface area contributed by atoms with Crippen LogP contribution in [-0.2, 0) is 4.74 Å². The number of benzene rings is 1. The van der Waals surface area contributed by atoms with Crippen molar-refractivity contribution in [2.45, 2.75) is 13.8 Å². The summed E-state index contributed by atoms with van der Waals surface area (Å²) in [6.07, 6.45) is 0. The van der Waals surface area contributed by atoms with Gasteiger partial charge in [-0.3, -0.25) is 14.6 Å². The average molecular weight is 453 g/mol. The summed E-state index contributed by atoms with van der Waals surface area (Å²) in [5.41, 5.74) is 1.51. The Morgan fingerprint density at radius 2 is 2.10 bits per heavy atom. The van der Waals surface area contributed by atoms with Gasteiger partial charge in [-0.15, -0.1) is 12.4 Å². The number of hydrogen-bond acceptors (Lipinski definition) is 8. The lowest BCUT2D eigenvalue weighted by atomic mass is 10.3. The van der Waals surface area contributed by atoms with Gasteiger partial charge in [0.05, 0.1) is 35.7 Å². The van der Waals surface area contributed by atoms with Gasteiger partial charge in [-0.2, -0.15) is 0 Å². The maximum absolute atomic E-state index is 13.2. The number of carbonyl (C=O) groups excluding carboxylic acids is 1. The number of halogens is 1. The largest absolute Gasteiger partial charge is 0.494 e. The quantitative estimate of drug-likeness (QED) is 0.543. The summed E-state index contributed by atoms with van der Waals surface area (Å²) < 4.78 is 17.2. The van der Waals surface area contributed by atoms with Crippen LogP contribution in [-0.4, -0.2) is 66.9 Å². The molecule has 2 aromatic heterocycles. The van der Waals surface area contributed by atoms with Crippen molar-refractivity contribution >= 4 is 45.0 Å². The predicted molar refractivity (Wildman–Crippen MR) is 118 cm³/mol. The second-order valence-electron chi connectivity index (χ2n) is 6.80. The number of aryl methyl sites for hydroxylation is 1. The van der Waals surface area contributed by atoms with Gasteiger partial charge in [-0.05, 0) is 32.0 Å². The number of anilines is 1. The zero-order chi connectivity index (χ0) is 20.2. The molecule has 8 nitrogen and oxygen atoms in total. The summed E-state index contributed by atoms with van der Waals surface area (Å²) in [6, 6.07) is 7.44. The van der Waals surface area contributed by atoms with Crippen LogP contribution in [0, 0.1) is 6.92 Å². The summed E-state index contributed by atoms with van der Waals surface area (Å²) in [5.74, 6) is 0.786. The molecule has 30 heavy (non-hydrogen) atoms. The highest BCUT2D eigenvalue weighted by molar-refractivity contribution is 7.22. The lowest BCUT2D eigenvalue weighted by Gasteiger charge is -2.28. The number of ether oxygens (including phenoxy) is 2. The van der Waals surface area contributed by atoms with E-state index in [1.54, 1.807) is 17.9 Å². The molecule has 4 rings (SSSR count). The van der Waals surface area contributed by atoms with Gasteiger partial charge in [0.2, 0.25) is 5.76 Å². The lowest BCUT2D eigenvalue weighted by Crippen LogP contribution is -2.43. The number of carbonyl (C=O) groups is 1. The number of nitrogens with zero attached hydrogens (tertiary/aromatic N) is 4. The van der Waals surface area contributed by atoms with Crippen LogP contribution >= 0.6 is 23.7 Å². The number of hydrogen-bond donors (Lipinski definition) is 0. The molecule has 1 aromatic carbocycles. The third kappa shape index (κ3) is 5.10. The Balaban J connectivity index is 0.00000256. The zero-order valence-electron chi connectivity index (χ0n) is 17.0. The topological polar surface area (TPSA) is 80.9 Å². The van der Waals surface area contributed by atoms with Crippen LogP contribution in [0.25, 0.3) is 10.2 Å². The number of aromatic nitrogens is 2. The molecule has 0 unspecified atom stereocenters. The molecule has 1 aliphatic heterocycles. The second kappa shape index (κ2) is 10.2. The smallest absolute Gasteiger partial charge is 0.298 e. The van der Waals surface area contributed by atoms with Crippen LogP contribution < -0.4 is 9.64 Å². The minimum Gasteiger partial charge on any atom is -0.494 e. The molecule has 1 aliphatic rings. The number of thiazole rings is 1. The maximum Gasteiger partial charge on any atom is 0.298 e. The van der Waals surface area contributed by atoms with E-state index in [1.807, 2.05) is 25.1 Å². The second-order valence-corrected chi connectivity index (χ2v) is 7.81. The molecule has 1 amide bonds. The van der Waals surface area contributed by atoms with E-state index in [0.29, 0.717) is 24.0 Å². The van der Waals surface area contributed by atoms with Crippen molar-refractivity contribution < 1.29 is 18.8 Å². The van der Waals surface area contributed by atoms with Crippen LogP contribution in [0.3, 0.4) is 0 Å². The van der Waals surface area contributed by atoms with Crippen molar-refractivity contribution in [1.29, 1.82) is 0 Å². The van der Waals surface area contributed by atoms with Gasteiger partial charge in [0.1, 0.15) is 5.75 Å².